The van der Waals surface area contributed by atoms with Crippen LogP contribution in [0.3, 0.4) is 0 Å². The molecule has 2 nitrogen and oxygen atoms in total. The summed E-state index contributed by atoms with van der Waals surface area (Å²) in [6, 6.07) is 6.44. The van der Waals surface area contributed by atoms with E-state index in [0.29, 0.717) is 0 Å². The molecule has 1 aromatic rings. The molecule has 1 aromatic carbocycles. The number of aryl methyl sites for hydroxylation is 1. The summed E-state index contributed by atoms with van der Waals surface area (Å²) in [6.07, 6.45) is 2.76. The third-order valence-electron chi connectivity index (χ3n) is 3.81. The first kappa shape index (κ1) is 9.08. The Morgan fingerprint density at radius 2 is 2.13 bits per heavy atom. The maximum absolute atomic E-state index is 3.74. The molecular weight excluding hydrogens is 184 g/mol. The minimum atomic E-state index is 0.263. The van der Waals surface area contributed by atoms with E-state index in [1.807, 2.05) is 0 Å². The molecule has 0 aromatic heterocycles. The number of rotatable bonds is 1. The van der Waals surface area contributed by atoms with E-state index in [-0.39, 0.29) is 5.54 Å². The van der Waals surface area contributed by atoms with Crippen LogP contribution in [0, 0.1) is 12.8 Å². The van der Waals surface area contributed by atoms with Gasteiger partial charge in [-0.25, -0.2) is 0 Å². The van der Waals surface area contributed by atoms with Crippen molar-refractivity contribution in [1.82, 2.24) is 0 Å². The van der Waals surface area contributed by atoms with Gasteiger partial charge in [-0.05, 0) is 44.2 Å². The largest absolute Gasteiger partial charge is 0.381 e. The molecule has 15 heavy (non-hydrogen) atoms. The molecule has 0 saturated heterocycles. The zero-order chi connectivity index (χ0) is 10.5. The Kier molecular flexibility index (Phi) is 1.76. The molecule has 0 bridgehead atoms. The zero-order valence-electron chi connectivity index (χ0n) is 9.43. The molecule has 1 aliphatic heterocycles. The highest BCUT2D eigenvalue weighted by Crippen LogP contribution is 2.45. The predicted molar refractivity (Wildman–Crippen MR) is 64.4 cm³/mol. The highest BCUT2D eigenvalue weighted by atomic mass is 15.1. The summed E-state index contributed by atoms with van der Waals surface area (Å²) >= 11 is 0. The summed E-state index contributed by atoms with van der Waals surface area (Å²) < 4.78 is 0. The van der Waals surface area contributed by atoms with Gasteiger partial charge in [0, 0.05) is 6.54 Å². The summed E-state index contributed by atoms with van der Waals surface area (Å²) in [6.45, 7) is 5.56. The SMILES string of the molecule is Cc1cccc2c1NC(C)(C1CC1)CN2. The van der Waals surface area contributed by atoms with Crippen molar-refractivity contribution in [3.05, 3.63) is 23.8 Å². The molecule has 3 rings (SSSR count). The van der Waals surface area contributed by atoms with Gasteiger partial charge >= 0.3 is 0 Å². The fourth-order valence-electron chi connectivity index (χ4n) is 2.56. The van der Waals surface area contributed by atoms with Gasteiger partial charge < -0.3 is 10.6 Å². The number of fused-ring (bicyclic) bond motifs is 1. The van der Waals surface area contributed by atoms with E-state index in [0.717, 1.165) is 12.5 Å². The lowest BCUT2D eigenvalue weighted by Crippen LogP contribution is -2.47. The monoisotopic (exact) mass is 202 g/mol. The van der Waals surface area contributed by atoms with Gasteiger partial charge in [0.15, 0.2) is 0 Å². The van der Waals surface area contributed by atoms with Crippen molar-refractivity contribution in [2.75, 3.05) is 17.2 Å². The molecule has 1 unspecified atom stereocenters. The van der Waals surface area contributed by atoms with Gasteiger partial charge in [0.1, 0.15) is 0 Å². The van der Waals surface area contributed by atoms with E-state index in [1.165, 1.54) is 29.8 Å². The lowest BCUT2D eigenvalue weighted by molar-refractivity contribution is 0.465. The summed E-state index contributed by atoms with van der Waals surface area (Å²) in [5.41, 5.74) is 4.16. The van der Waals surface area contributed by atoms with Gasteiger partial charge in [0.05, 0.1) is 16.9 Å². The van der Waals surface area contributed by atoms with Gasteiger partial charge in [-0.1, -0.05) is 12.1 Å². The maximum atomic E-state index is 3.74. The first-order valence-electron chi connectivity index (χ1n) is 5.81. The van der Waals surface area contributed by atoms with Crippen molar-refractivity contribution in [2.45, 2.75) is 32.2 Å². The van der Waals surface area contributed by atoms with E-state index in [4.69, 9.17) is 0 Å². The first-order valence-corrected chi connectivity index (χ1v) is 5.81. The average molecular weight is 202 g/mol. The maximum Gasteiger partial charge on any atom is 0.0610 e. The molecule has 2 heteroatoms. The van der Waals surface area contributed by atoms with Gasteiger partial charge in [0.25, 0.3) is 0 Å². The summed E-state index contributed by atoms with van der Waals surface area (Å²) in [5, 5.41) is 7.29. The van der Waals surface area contributed by atoms with Gasteiger partial charge in [-0.3, -0.25) is 0 Å². The summed E-state index contributed by atoms with van der Waals surface area (Å²) in [5.74, 6) is 0.859. The Bertz CT molecular complexity index is 396. The molecule has 80 valence electrons. The van der Waals surface area contributed by atoms with Crippen LogP contribution in [0.5, 0.6) is 0 Å². The third-order valence-corrected chi connectivity index (χ3v) is 3.81. The van der Waals surface area contributed by atoms with Crippen molar-refractivity contribution in [2.24, 2.45) is 5.92 Å². The zero-order valence-corrected chi connectivity index (χ0v) is 9.43. The molecule has 0 amide bonds. The topological polar surface area (TPSA) is 24.1 Å². The minimum Gasteiger partial charge on any atom is -0.381 e. The van der Waals surface area contributed by atoms with Crippen LogP contribution in [-0.4, -0.2) is 12.1 Å². The van der Waals surface area contributed by atoms with E-state index >= 15 is 0 Å². The van der Waals surface area contributed by atoms with Gasteiger partial charge in [-0.15, -0.1) is 0 Å². The molecule has 1 atom stereocenters. The molecule has 0 spiro atoms. The fraction of sp³-hybridized carbons (Fsp3) is 0.538. The number of anilines is 2. The average Bonchev–Trinajstić information content (AvgIpc) is 3.03. The van der Waals surface area contributed by atoms with Gasteiger partial charge in [0.2, 0.25) is 0 Å². The molecular formula is C13H18N2. The van der Waals surface area contributed by atoms with Crippen LogP contribution >= 0.6 is 0 Å². The normalized spacial score (nSPS) is 28.9. The Labute approximate surface area is 91.1 Å². The van der Waals surface area contributed by atoms with Crippen LogP contribution in [0.4, 0.5) is 11.4 Å². The fourth-order valence-corrected chi connectivity index (χ4v) is 2.56. The summed E-state index contributed by atoms with van der Waals surface area (Å²) in [4.78, 5) is 0. The van der Waals surface area contributed by atoms with E-state index in [1.54, 1.807) is 0 Å². The van der Waals surface area contributed by atoms with Crippen LogP contribution < -0.4 is 10.6 Å². The summed E-state index contributed by atoms with van der Waals surface area (Å²) in [7, 11) is 0. The molecule has 1 aliphatic carbocycles. The second-order valence-corrected chi connectivity index (χ2v) is 5.17. The van der Waals surface area contributed by atoms with Crippen molar-refractivity contribution in [1.29, 1.82) is 0 Å². The lowest BCUT2D eigenvalue weighted by Gasteiger charge is -2.39. The third kappa shape index (κ3) is 1.39. The second-order valence-electron chi connectivity index (χ2n) is 5.17. The van der Waals surface area contributed by atoms with Crippen LogP contribution in [0.2, 0.25) is 0 Å². The molecule has 1 saturated carbocycles. The first-order chi connectivity index (χ1) is 7.19. The standard InChI is InChI=1S/C13H18N2/c1-9-4-3-5-11-12(9)15-13(2,8-14-11)10-6-7-10/h3-5,10,14-15H,6-8H2,1-2H3. The van der Waals surface area contributed by atoms with E-state index in [9.17, 15) is 0 Å². The Morgan fingerprint density at radius 1 is 1.33 bits per heavy atom. The van der Waals surface area contributed by atoms with Crippen LogP contribution in [-0.2, 0) is 0 Å². The number of hydrogen-bond donors (Lipinski definition) is 2. The highest BCUT2D eigenvalue weighted by molar-refractivity contribution is 5.75. The van der Waals surface area contributed by atoms with Crippen LogP contribution in [0.1, 0.15) is 25.3 Å². The number of hydrogen-bond acceptors (Lipinski definition) is 2. The predicted octanol–water partition coefficient (Wildman–Crippen LogP) is 3.00. The smallest absolute Gasteiger partial charge is 0.0610 e. The lowest BCUT2D eigenvalue weighted by atomic mass is 9.92. The molecule has 0 radical (unpaired) electrons. The molecule has 1 heterocycles. The molecule has 2 N–H and O–H groups in total. The molecule has 2 aliphatic rings. The highest BCUT2D eigenvalue weighted by Gasteiger charge is 2.43. The van der Waals surface area contributed by atoms with Gasteiger partial charge in [-0.2, -0.15) is 0 Å². The van der Waals surface area contributed by atoms with Crippen LogP contribution in [0.15, 0.2) is 18.2 Å². The minimum absolute atomic E-state index is 0.263. The number of para-hydroxylation sites is 1. The number of benzene rings is 1. The molecule has 1 fully saturated rings. The van der Waals surface area contributed by atoms with Crippen molar-refractivity contribution in [3.63, 3.8) is 0 Å². The van der Waals surface area contributed by atoms with Crippen molar-refractivity contribution in [3.8, 4) is 0 Å². The number of nitrogens with one attached hydrogen (secondary N) is 2. The van der Waals surface area contributed by atoms with Crippen molar-refractivity contribution >= 4 is 11.4 Å². The Morgan fingerprint density at radius 3 is 2.87 bits per heavy atom. The van der Waals surface area contributed by atoms with E-state index < -0.39 is 0 Å². The quantitative estimate of drug-likeness (QED) is 0.731. The van der Waals surface area contributed by atoms with Crippen molar-refractivity contribution < 1.29 is 0 Å². The Balaban J connectivity index is 1.97. The van der Waals surface area contributed by atoms with Crippen LogP contribution in [0.25, 0.3) is 0 Å². The second kappa shape index (κ2) is 2.91. The van der Waals surface area contributed by atoms with E-state index in [2.05, 4.69) is 42.7 Å². The Hall–Kier alpha value is -1.18.